The van der Waals surface area contributed by atoms with Gasteiger partial charge >= 0.3 is 5.97 Å². The van der Waals surface area contributed by atoms with Crippen LogP contribution in [0.4, 0.5) is 0 Å². The molecule has 19 nitrogen and oxygen atoms in total. The molecule has 0 saturated heterocycles. The summed E-state index contributed by atoms with van der Waals surface area (Å²) < 4.78 is 5.49. The predicted molar refractivity (Wildman–Crippen MR) is 457 cm³/mol. The number of aryl methyl sites for hydroxylation is 4. The summed E-state index contributed by atoms with van der Waals surface area (Å²) in [5.41, 5.74) is 11.2. The Balaban J connectivity index is 0.000000178. The van der Waals surface area contributed by atoms with Crippen LogP contribution in [-0.2, 0) is 4.74 Å². The summed E-state index contributed by atoms with van der Waals surface area (Å²) in [4.78, 5) is 81.3. The van der Waals surface area contributed by atoms with E-state index in [0.29, 0.717) is 106 Å². The zero-order valence-corrected chi connectivity index (χ0v) is 70.8. The molecule has 4 aromatic heterocycles. The van der Waals surface area contributed by atoms with Crippen molar-refractivity contribution in [1.82, 2.24) is 41.2 Å². The minimum absolute atomic E-state index is 0.00615. The lowest BCUT2D eigenvalue weighted by Gasteiger charge is -2.20. The van der Waals surface area contributed by atoms with Crippen molar-refractivity contribution in [3.05, 3.63) is 390 Å². The van der Waals surface area contributed by atoms with Crippen LogP contribution in [0.3, 0.4) is 0 Å². The van der Waals surface area contributed by atoms with Gasteiger partial charge < -0.3 is 26.0 Å². The number of rotatable bonds is 17. The smallest absolute Gasteiger partial charge is 0.339 e. The molecule has 30 heteroatoms. The van der Waals surface area contributed by atoms with Gasteiger partial charge in [0.25, 0.3) is 23.6 Å². The van der Waals surface area contributed by atoms with E-state index in [9.17, 15) is 45.0 Å². The van der Waals surface area contributed by atoms with Crippen molar-refractivity contribution in [3.8, 4) is 30.3 Å². The summed E-state index contributed by atoms with van der Waals surface area (Å²) in [6.07, 6.45) is 6.15. The molecule has 117 heavy (non-hydrogen) atoms. The number of halogens is 11. The van der Waals surface area contributed by atoms with Gasteiger partial charge in [-0.2, -0.15) is 26.3 Å². The number of nitrogens with zero attached hydrogens (tertiary/aromatic N) is 9. The maximum absolute atomic E-state index is 13.0. The number of hydrogen-bond donors (Lipinski definition) is 4. The van der Waals surface area contributed by atoms with Crippen LogP contribution in [0, 0.1) is 84.4 Å². The van der Waals surface area contributed by atoms with Gasteiger partial charge in [0, 0.05) is 56.5 Å². The molecular formula is C87H58BrCl10N13O6. The Morgan fingerprint density at radius 1 is 0.333 bits per heavy atom. The fourth-order valence-electron chi connectivity index (χ4n) is 11.6. The van der Waals surface area contributed by atoms with Gasteiger partial charge in [-0.05, 0) is 246 Å². The second kappa shape index (κ2) is 41.9. The number of ether oxygens (including phenoxy) is 1. The van der Waals surface area contributed by atoms with E-state index >= 15 is 0 Å². The summed E-state index contributed by atoms with van der Waals surface area (Å²) in [7, 11) is 1.20. The van der Waals surface area contributed by atoms with Crippen LogP contribution in [0.2, 0.25) is 50.2 Å². The van der Waals surface area contributed by atoms with Crippen LogP contribution >= 0.6 is 132 Å². The standard InChI is InChI=1S/C22H14Cl3N3O3.C22H16Cl3N3O.C22H17Cl2N3O.C21H11BrCl2N4O/c1-31-22(30)16-8-13(2-3-14(16)10-26)21(29)28-20(19-7-5-15(23)11-27-19)12-4-6-17(24)18(25)9-12;1-12-7-15(8-13(2)17(12)10-26)22(29)28-21(20-6-4-16(23)11-27-20)14-3-5-18(24)19(25)9-14;1-13-9-16(10-14(2)19(13)11-25)22(28)27-21(15-3-5-17(23)6-4-15)20-8-7-18(24)12-26-20;22-16-4-6-19(27-11-16)20(12-3-5-17(23)18(24)8-12)28-21(29)13-1-2-14(9-25)15(7-13)10-26/h2-9,11,20H,1H3,(H,28,29);3-9,11,21H,1-2H3,(H,28,29);3-10,12,21H,1-2H3,(H,27,28);1-8,11,20H,(H,28,29)/t20-;2*21-;20-/m0000/s1. The Labute approximate surface area is 731 Å². The first-order valence-corrected chi connectivity index (χ1v) is 38.9. The van der Waals surface area contributed by atoms with E-state index in [0.717, 1.165) is 37.9 Å². The van der Waals surface area contributed by atoms with E-state index in [4.69, 9.17) is 126 Å². The van der Waals surface area contributed by atoms with Gasteiger partial charge in [0.15, 0.2) is 0 Å². The summed E-state index contributed by atoms with van der Waals surface area (Å²) in [6, 6.07) is 59.3. The number of esters is 1. The number of nitriles is 5. The summed E-state index contributed by atoms with van der Waals surface area (Å²) in [5, 5.41) is 62.0. The predicted octanol–water partition coefficient (Wildman–Crippen LogP) is 22.1. The molecule has 4 heterocycles. The summed E-state index contributed by atoms with van der Waals surface area (Å²) >= 11 is 63.8. The largest absolute Gasteiger partial charge is 0.465 e. The number of carbonyl (C=O) groups is 5. The van der Waals surface area contributed by atoms with Crippen LogP contribution in [0.5, 0.6) is 0 Å². The number of methoxy groups -OCH3 is 1. The van der Waals surface area contributed by atoms with Crippen molar-refractivity contribution in [3.63, 3.8) is 0 Å². The highest BCUT2D eigenvalue weighted by atomic mass is 79.9. The molecule has 12 aromatic rings. The number of amides is 4. The van der Waals surface area contributed by atoms with Gasteiger partial charge in [0.2, 0.25) is 0 Å². The van der Waals surface area contributed by atoms with Crippen LogP contribution in [0.1, 0.15) is 171 Å². The van der Waals surface area contributed by atoms with Gasteiger partial charge in [0.05, 0.1) is 145 Å². The third kappa shape index (κ3) is 23.7. The number of carbonyl (C=O) groups excluding carboxylic acids is 5. The fraction of sp³-hybridized carbons (Fsp3) is 0.103. The molecule has 4 amide bonds. The maximum atomic E-state index is 13.0. The van der Waals surface area contributed by atoms with E-state index in [1.54, 1.807) is 160 Å². The Morgan fingerprint density at radius 2 is 0.650 bits per heavy atom. The molecular weight excluding hydrogens is 1760 g/mol. The number of pyridine rings is 4. The first kappa shape index (κ1) is 89.5. The lowest BCUT2D eigenvalue weighted by atomic mass is 9.98. The van der Waals surface area contributed by atoms with Crippen molar-refractivity contribution >= 4 is 162 Å². The minimum atomic E-state index is -0.716. The summed E-state index contributed by atoms with van der Waals surface area (Å²) in [5.74, 6) is -2.19. The van der Waals surface area contributed by atoms with Gasteiger partial charge in [0.1, 0.15) is 18.2 Å². The quantitative estimate of drug-likeness (QED) is 0.0616. The monoisotopic (exact) mass is 1810 g/mol. The second-order valence-corrected chi connectivity index (χ2v) is 30.4. The molecule has 12 rings (SSSR count). The van der Waals surface area contributed by atoms with E-state index in [1.165, 1.54) is 55.9 Å². The fourth-order valence-corrected chi connectivity index (χ4v) is 13.2. The number of nitrogens with one attached hydrogen (secondary N) is 4. The highest BCUT2D eigenvalue weighted by Crippen LogP contribution is 2.34. The molecule has 0 aliphatic carbocycles. The lowest BCUT2D eigenvalue weighted by Crippen LogP contribution is -2.30. The number of benzene rings is 8. The number of hydrogen-bond acceptors (Lipinski definition) is 15. The highest BCUT2D eigenvalue weighted by molar-refractivity contribution is 9.10. The minimum Gasteiger partial charge on any atom is -0.465 e. The Bertz CT molecular complexity index is 5910. The van der Waals surface area contributed by atoms with Crippen LogP contribution in [0.25, 0.3) is 0 Å². The Morgan fingerprint density at radius 3 is 0.966 bits per heavy atom. The molecule has 0 aliphatic heterocycles. The molecule has 4 N–H and O–H groups in total. The SMILES string of the molecule is COC(=O)c1cc(C(=O)N[C@@H](c2ccc(Cl)c(Cl)c2)c2ccc(Cl)cn2)ccc1C#N.Cc1cc(C(=O)N[C@@H](c2ccc(Cl)c(Cl)c2)c2ccc(Cl)cn2)cc(C)c1C#N.Cc1cc(C(=O)N[C@@H](c2ccc(Cl)cc2)c2ccc(Cl)cn2)cc(C)c1C#N.N#Cc1ccc(C(=O)N[C@@H](c2ccc(Cl)c(Cl)c2)c2ccc(Br)cn2)cc1C#N. The van der Waals surface area contributed by atoms with Gasteiger partial charge in [-0.15, -0.1) is 0 Å². The van der Waals surface area contributed by atoms with Gasteiger partial charge in [-0.1, -0.05) is 146 Å². The molecule has 0 fully saturated rings. The zero-order chi connectivity index (χ0) is 84.9. The van der Waals surface area contributed by atoms with Crippen LogP contribution in [0.15, 0.2) is 217 Å². The number of aromatic nitrogens is 4. The molecule has 0 radical (unpaired) electrons. The van der Waals surface area contributed by atoms with E-state index in [1.807, 2.05) is 50.3 Å². The van der Waals surface area contributed by atoms with E-state index in [2.05, 4.69) is 69.3 Å². The molecule has 4 atom stereocenters. The third-order valence-corrected chi connectivity index (χ3v) is 21.1. The van der Waals surface area contributed by atoms with Gasteiger partial charge in [-0.3, -0.25) is 39.1 Å². The summed E-state index contributed by atoms with van der Waals surface area (Å²) in [6.45, 7) is 7.25. The van der Waals surface area contributed by atoms with Crippen molar-refractivity contribution in [2.24, 2.45) is 0 Å². The zero-order valence-electron chi connectivity index (χ0n) is 61.6. The highest BCUT2D eigenvalue weighted by Gasteiger charge is 2.27. The Kier molecular flexibility index (Phi) is 32.0. The normalized spacial score (nSPS) is 11.4. The van der Waals surface area contributed by atoms with Crippen LogP contribution in [-0.4, -0.2) is 56.6 Å². The first-order valence-electron chi connectivity index (χ1n) is 34.3. The molecule has 584 valence electrons. The molecule has 0 spiro atoms. The van der Waals surface area contributed by atoms with Crippen molar-refractivity contribution in [2.75, 3.05) is 7.11 Å². The topological polar surface area (TPSA) is 313 Å². The first-order chi connectivity index (χ1) is 55.9. The van der Waals surface area contributed by atoms with E-state index < -0.39 is 42.0 Å². The second-order valence-electron chi connectivity index (χ2n) is 25.3. The van der Waals surface area contributed by atoms with Crippen molar-refractivity contribution in [2.45, 2.75) is 51.9 Å². The van der Waals surface area contributed by atoms with Crippen molar-refractivity contribution < 1.29 is 28.7 Å². The van der Waals surface area contributed by atoms with Gasteiger partial charge in [-0.25, -0.2) is 4.79 Å². The molecule has 0 unspecified atom stereocenters. The average Bonchev–Trinajstić information content (AvgIpc) is 0.824. The third-order valence-electron chi connectivity index (χ3n) is 17.5. The molecule has 8 aromatic carbocycles. The molecule has 0 saturated carbocycles. The van der Waals surface area contributed by atoms with Crippen molar-refractivity contribution in [1.29, 1.82) is 26.3 Å². The molecule has 0 aliphatic rings. The Hall–Kier alpha value is -11.5. The van der Waals surface area contributed by atoms with E-state index in [-0.39, 0.29) is 45.2 Å². The lowest BCUT2D eigenvalue weighted by molar-refractivity contribution is 0.0599. The maximum Gasteiger partial charge on any atom is 0.339 e. The van der Waals surface area contributed by atoms with Crippen LogP contribution < -0.4 is 21.3 Å². The molecule has 0 bridgehead atoms. The average molecular weight is 1820 g/mol.